The van der Waals surface area contributed by atoms with Crippen LogP contribution in [0.15, 0.2) is 24.3 Å². The van der Waals surface area contributed by atoms with E-state index in [1.165, 1.54) is 49.8 Å². The molecule has 0 saturated carbocycles. The zero-order valence-electron chi connectivity index (χ0n) is 14.5. The molecule has 1 N–H and O–H groups in total. The highest BCUT2D eigenvalue weighted by atomic mass is 16.2. The Hall–Kier alpha value is -1.35. The second-order valence-electron chi connectivity index (χ2n) is 7.45. The smallest absolute Gasteiger partial charge is 0.231 e. The minimum Gasteiger partial charge on any atom is -0.342 e. The fourth-order valence-electron chi connectivity index (χ4n) is 4.18. The summed E-state index contributed by atoms with van der Waals surface area (Å²) in [7, 11) is 0. The van der Waals surface area contributed by atoms with Crippen LogP contribution in [0.25, 0.3) is 0 Å². The maximum absolute atomic E-state index is 12.9. The molecule has 3 rings (SSSR count). The van der Waals surface area contributed by atoms with E-state index in [2.05, 4.69) is 36.1 Å². The van der Waals surface area contributed by atoms with E-state index >= 15 is 0 Å². The summed E-state index contributed by atoms with van der Waals surface area (Å²) in [5.41, 5.74) is 2.74. The fraction of sp³-hybridized carbons (Fsp3) is 0.650. The highest BCUT2D eigenvalue weighted by molar-refractivity contribution is 5.79. The Morgan fingerprint density at radius 3 is 2.70 bits per heavy atom. The van der Waals surface area contributed by atoms with Crippen LogP contribution in [-0.4, -0.2) is 37.0 Å². The van der Waals surface area contributed by atoms with Crippen molar-refractivity contribution in [3.05, 3.63) is 35.4 Å². The van der Waals surface area contributed by atoms with Gasteiger partial charge in [0, 0.05) is 18.7 Å². The number of carbonyl (C=O) groups excluding carboxylic acids is 1. The molecule has 3 heteroatoms. The first-order chi connectivity index (χ1) is 11.2. The summed E-state index contributed by atoms with van der Waals surface area (Å²) in [6.07, 6.45) is 7.24. The fourth-order valence-corrected chi connectivity index (χ4v) is 4.18. The summed E-state index contributed by atoms with van der Waals surface area (Å²) in [5.74, 6) is 0.690. The second-order valence-corrected chi connectivity index (χ2v) is 7.45. The van der Waals surface area contributed by atoms with E-state index in [1.54, 1.807) is 4.90 Å². The number of hydrogen-bond donors (Lipinski definition) is 1. The van der Waals surface area contributed by atoms with E-state index in [0.29, 0.717) is 5.91 Å². The number of nitrogens with zero attached hydrogens (tertiary/aromatic N) is 1. The molecular formula is C20H31N2O+. The molecule has 2 atom stereocenters. The number of nitrogens with one attached hydrogen (secondary N) is 1. The van der Waals surface area contributed by atoms with Crippen molar-refractivity contribution in [3.8, 4) is 0 Å². The Morgan fingerprint density at radius 2 is 1.96 bits per heavy atom. The van der Waals surface area contributed by atoms with Gasteiger partial charge in [-0.05, 0) is 32.6 Å². The zero-order chi connectivity index (χ0) is 16.1. The Kier molecular flexibility index (Phi) is 5.71. The summed E-state index contributed by atoms with van der Waals surface area (Å²) in [5, 5.41) is 0. The lowest BCUT2D eigenvalue weighted by Gasteiger charge is -2.32. The molecule has 0 radical (unpaired) electrons. The van der Waals surface area contributed by atoms with Crippen molar-refractivity contribution in [1.82, 2.24) is 4.90 Å². The third-order valence-electron chi connectivity index (χ3n) is 5.42. The van der Waals surface area contributed by atoms with Crippen molar-refractivity contribution in [3.63, 3.8) is 0 Å². The average molecular weight is 315 g/mol. The van der Waals surface area contributed by atoms with Gasteiger partial charge in [0.05, 0.1) is 19.0 Å². The van der Waals surface area contributed by atoms with Crippen LogP contribution in [0.5, 0.6) is 0 Å². The van der Waals surface area contributed by atoms with Crippen molar-refractivity contribution in [2.24, 2.45) is 5.92 Å². The highest BCUT2D eigenvalue weighted by Gasteiger charge is 2.31. The normalized spacial score (nSPS) is 25.9. The maximum atomic E-state index is 12.9. The van der Waals surface area contributed by atoms with Crippen LogP contribution in [0.1, 0.15) is 49.7 Å². The number of likely N-dealkylation sites (tertiary alicyclic amines) is 2. The first-order valence-corrected chi connectivity index (χ1v) is 9.40. The summed E-state index contributed by atoms with van der Waals surface area (Å²) in [6.45, 7) is 7.41. The summed E-state index contributed by atoms with van der Waals surface area (Å²) < 4.78 is 0. The molecule has 1 amide bonds. The Balaban J connectivity index is 1.57. The summed E-state index contributed by atoms with van der Waals surface area (Å²) in [6, 6.07) is 8.81. The molecule has 2 fully saturated rings. The summed E-state index contributed by atoms with van der Waals surface area (Å²) in [4.78, 5) is 16.6. The van der Waals surface area contributed by atoms with Crippen LogP contribution in [0.4, 0.5) is 0 Å². The van der Waals surface area contributed by atoms with E-state index in [0.717, 1.165) is 32.6 Å². The molecule has 2 saturated heterocycles. The standard InChI is InChI=1S/C20H30N2O/c1-17-8-6-9-18(14-17)15-21-11-7-10-19(16-21)20(23)22-12-4-2-3-5-13-22/h6,8-9,14,19H,2-5,7,10-13,15-16H2,1H3/p+1/t19-/m0/s1. The molecule has 3 nitrogen and oxygen atoms in total. The van der Waals surface area contributed by atoms with Crippen molar-refractivity contribution >= 4 is 5.91 Å². The van der Waals surface area contributed by atoms with E-state index < -0.39 is 0 Å². The molecule has 2 aliphatic rings. The first-order valence-electron chi connectivity index (χ1n) is 9.40. The van der Waals surface area contributed by atoms with Gasteiger partial charge in [-0.15, -0.1) is 0 Å². The molecule has 2 heterocycles. The maximum Gasteiger partial charge on any atom is 0.231 e. The van der Waals surface area contributed by atoms with Crippen LogP contribution < -0.4 is 4.90 Å². The van der Waals surface area contributed by atoms with Gasteiger partial charge in [0.1, 0.15) is 6.54 Å². The minimum atomic E-state index is 0.252. The van der Waals surface area contributed by atoms with Crippen LogP contribution in [0, 0.1) is 12.8 Å². The number of benzene rings is 1. The molecule has 2 aliphatic heterocycles. The summed E-state index contributed by atoms with van der Waals surface area (Å²) >= 11 is 0. The number of piperidine rings is 1. The SMILES string of the molecule is Cc1cccc(C[NH+]2CCC[C@H](C(=O)N3CCCCCC3)C2)c1. The Labute approximate surface area is 140 Å². The molecule has 1 aromatic carbocycles. The van der Waals surface area contributed by atoms with E-state index in [9.17, 15) is 4.79 Å². The van der Waals surface area contributed by atoms with Crippen molar-refractivity contribution < 1.29 is 9.69 Å². The third-order valence-corrected chi connectivity index (χ3v) is 5.42. The predicted octanol–water partition coefficient (Wildman–Crippen LogP) is 2.19. The van der Waals surface area contributed by atoms with Crippen molar-refractivity contribution in [2.75, 3.05) is 26.2 Å². The number of rotatable bonds is 3. The van der Waals surface area contributed by atoms with Gasteiger partial charge >= 0.3 is 0 Å². The van der Waals surface area contributed by atoms with Crippen LogP contribution in [0.3, 0.4) is 0 Å². The van der Waals surface area contributed by atoms with Gasteiger partial charge in [0.25, 0.3) is 0 Å². The van der Waals surface area contributed by atoms with Crippen LogP contribution in [-0.2, 0) is 11.3 Å². The van der Waals surface area contributed by atoms with Gasteiger partial charge in [-0.25, -0.2) is 0 Å². The number of quaternary nitrogens is 1. The molecule has 1 unspecified atom stereocenters. The molecule has 0 aromatic heterocycles. The molecule has 1 aromatic rings. The quantitative estimate of drug-likeness (QED) is 0.909. The number of aryl methyl sites for hydroxylation is 1. The Morgan fingerprint density at radius 1 is 1.17 bits per heavy atom. The molecule has 126 valence electrons. The average Bonchev–Trinajstić information content (AvgIpc) is 2.84. The van der Waals surface area contributed by atoms with Gasteiger partial charge in [0.15, 0.2) is 0 Å². The van der Waals surface area contributed by atoms with Gasteiger partial charge < -0.3 is 9.80 Å². The van der Waals surface area contributed by atoms with Gasteiger partial charge in [0.2, 0.25) is 5.91 Å². The lowest BCUT2D eigenvalue weighted by molar-refractivity contribution is -0.921. The van der Waals surface area contributed by atoms with Gasteiger partial charge in [-0.1, -0.05) is 42.7 Å². The molecule has 0 spiro atoms. The second kappa shape index (κ2) is 7.96. The van der Waals surface area contributed by atoms with Crippen LogP contribution >= 0.6 is 0 Å². The van der Waals surface area contributed by atoms with Crippen molar-refractivity contribution in [1.29, 1.82) is 0 Å². The van der Waals surface area contributed by atoms with E-state index in [-0.39, 0.29) is 5.92 Å². The van der Waals surface area contributed by atoms with E-state index in [4.69, 9.17) is 0 Å². The monoisotopic (exact) mass is 315 g/mol. The molecule has 23 heavy (non-hydrogen) atoms. The predicted molar refractivity (Wildman–Crippen MR) is 93.4 cm³/mol. The van der Waals surface area contributed by atoms with Gasteiger partial charge in [-0.3, -0.25) is 4.79 Å². The van der Waals surface area contributed by atoms with Crippen molar-refractivity contribution in [2.45, 2.75) is 52.0 Å². The first kappa shape index (κ1) is 16.5. The number of amides is 1. The minimum absolute atomic E-state index is 0.252. The third kappa shape index (κ3) is 4.57. The lowest BCUT2D eigenvalue weighted by Crippen LogP contribution is -3.12. The molecule has 0 aliphatic carbocycles. The number of carbonyl (C=O) groups is 1. The molecule has 0 bridgehead atoms. The highest BCUT2D eigenvalue weighted by Crippen LogP contribution is 2.16. The lowest BCUT2D eigenvalue weighted by atomic mass is 9.95. The zero-order valence-corrected chi connectivity index (χ0v) is 14.5. The number of hydrogen-bond acceptors (Lipinski definition) is 1. The largest absolute Gasteiger partial charge is 0.342 e. The van der Waals surface area contributed by atoms with Gasteiger partial charge in [-0.2, -0.15) is 0 Å². The van der Waals surface area contributed by atoms with E-state index in [1.807, 2.05) is 0 Å². The molecular weight excluding hydrogens is 284 g/mol. The topological polar surface area (TPSA) is 24.8 Å². The van der Waals surface area contributed by atoms with Crippen LogP contribution in [0.2, 0.25) is 0 Å². The Bertz CT molecular complexity index is 520.